The van der Waals surface area contributed by atoms with Crippen LogP contribution in [0.1, 0.15) is 36.0 Å². The van der Waals surface area contributed by atoms with E-state index in [4.69, 9.17) is 21.1 Å². The van der Waals surface area contributed by atoms with Crippen molar-refractivity contribution in [1.82, 2.24) is 4.31 Å². The number of anilines is 1. The monoisotopic (exact) mass is 498 g/mol. The number of methoxy groups -OCH3 is 1. The first-order chi connectivity index (χ1) is 15.7. The van der Waals surface area contributed by atoms with Gasteiger partial charge in [0, 0.05) is 18.8 Å². The summed E-state index contributed by atoms with van der Waals surface area (Å²) in [6, 6.07) is 7.55. The van der Waals surface area contributed by atoms with Crippen molar-refractivity contribution in [1.29, 1.82) is 0 Å². The molecule has 1 fully saturated rings. The van der Waals surface area contributed by atoms with Crippen LogP contribution in [0.2, 0.25) is 5.02 Å². The van der Waals surface area contributed by atoms with Gasteiger partial charge in [0.2, 0.25) is 10.0 Å². The first-order valence-electron chi connectivity index (χ1n) is 10.3. The van der Waals surface area contributed by atoms with Gasteiger partial charge in [0.15, 0.2) is 6.61 Å². The standard InChI is InChI=1S/C22H24ClFN2O6S/c1-31-19-9-6-15(12-20(19)33(29,30)26-10-4-2-3-5-11-26)22(28)32-14-21(27)25-16-7-8-18(24)17(23)13-16/h6-9,12-13H,2-5,10-11,14H2,1H3,(H,25,27). The minimum atomic E-state index is -3.89. The molecule has 1 saturated heterocycles. The van der Waals surface area contributed by atoms with Crippen LogP contribution in [0.5, 0.6) is 5.75 Å². The van der Waals surface area contributed by atoms with Crippen LogP contribution in [0, 0.1) is 5.82 Å². The fourth-order valence-corrected chi connectivity index (χ4v) is 5.29. The van der Waals surface area contributed by atoms with Crippen molar-refractivity contribution in [2.75, 3.05) is 32.1 Å². The van der Waals surface area contributed by atoms with E-state index >= 15 is 0 Å². The molecule has 1 amide bonds. The van der Waals surface area contributed by atoms with Crippen LogP contribution in [0.4, 0.5) is 10.1 Å². The number of ether oxygens (including phenoxy) is 2. The van der Waals surface area contributed by atoms with E-state index in [2.05, 4.69) is 5.32 Å². The van der Waals surface area contributed by atoms with E-state index in [0.717, 1.165) is 31.7 Å². The molecule has 0 radical (unpaired) electrons. The fraction of sp³-hybridized carbons (Fsp3) is 0.364. The molecule has 0 unspecified atom stereocenters. The molecule has 3 rings (SSSR count). The summed E-state index contributed by atoms with van der Waals surface area (Å²) in [5.74, 6) is -2.07. The zero-order chi connectivity index (χ0) is 24.0. The van der Waals surface area contributed by atoms with Crippen LogP contribution in [0.3, 0.4) is 0 Å². The van der Waals surface area contributed by atoms with Gasteiger partial charge in [-0.1, -0.05) is 24.4 Å². The highest BCUT2D eigenvalue weighted by molar-refractivity contribution is 7.89. The zero-order valence-electron chi connectivity index (χ0n) is 18.0. The Morgan fingerprint density at radius 3 is 2.42 bits per heavy atom. The van der Waals surface area contributed by atoms with Gasteiger partial charge >= 0.3 is 5.97 Å². The molecule has 2 aromatic rings. The van der Waals surface area contributed by atoms with Crippen molar-refractivity contribution in [3.8, 4) is 5.75 Å². The van der Waals surface area contributed by atoms with Crippen molar-refractivity contribution < 1.29 is 31.9 Å². The lowest BCUT2D eigenvalue weighted by Gasteiger charge is -2.21. The van der Waals surface area contributed by atoms with Gasteiger partial charge in [-0.2, -0.15) is 4.31 Å². The number of rotatable bonds is 7. The first kappa shape index (κ1) is 24.9. The Labute approximate surface area is 196 Å². The van der Waals surface area contributed by atoms with Crippen LogP contribution < -0.4 is 10.1 Å². The largest absolute Gasteiger partial charge is 0.495 e. The summed E-state index contributed by atoms with van der Waals surface area (Å²) in [6.45, 7) is 0.162. The second-order valence-corrected chi connectivity index (χ2v) is 9.75. The molecule has 1 N–H and O–H groups in total. The molecular formula is C22H24ClFN2O6S. The van der Waals surface area contributed by atoms with Gasteiger partial charge in [0.05, 0.1) is 17.7 Å². The van der Waals surface area contributed by atoms with Crippen LogP contribution in [0.25, 0.3) is 0 Å². The Bertz CT molecular complexity index is 1130. The molecule has 33 heavy (non-hydrogen) atoms. The van der Waals surface area contributed by atoms with Gasteiger partial charge in [-0.05, 0) is 49.2 Å². The van der Waals surface area contributed by atoms with E-state index in [1.54, 1.807) is 0 Å². The maximum Gasteiger partial charge on any atom is 0.338 e. The SMILES string of the molecule is COc1ccc(C(=O)OCC(=O)Nc2ccc(F)c(Cl)c2)cc1S(=O)(=O)N1CCCCCC1. The van der Waals surface area contributed by atoms with Crippen LogP contribution in [-0.4, -0.2) is 51.4 Å². The summed E-state index contributed by atoms with van der Waals surface area (Å²) in [5, 5.41) is 2.26. The summed E-state index contributed by atoms with van der Waals surface area (Å²) in [5.41, 5.74) is 0.194. The van der Waals surface area contributed by atoms with Gasteiger partial charge < -0.3 is 14.8 Å². The van der Waals surface area contributed by atoms with Gasteiger partial charge in [-0.25, -0.2) is 17.6 Å². The van der Waals surface area contributed by atoms with E-state index in [1.165, 1.54) is 41.7 Å². The second-order valence-electron chi connectivity index (χ2n) is 7.44. The van der Waals surface area contributed by atoms with Crippen molar-refractivity contribution in [3.63, 3.8) is 0 Å². The lowest BCUT2D eigenvalue weighted by molar-refractivity contribution is -0.119. The molecule has 0 bridgehead atoms. The normalized spacial score (nSPS) is 14.9. The molecular weight excluding hydrogens is 475 g/mol. The Kier molecular flexibility index (Phi) is 8.28. The van der Waals surface area contributed by atoms with Crippen LogP contribution >= 0.6 is 11.6 Å². The van der Waals surface area contributed by atoms with Crippen LogP contribution in [-0.2, 0) is 19.6 Å². The van der Waals surface area contributed by atoms with E-state index in [1.807, 2.05) is 0 Å². The van der Waals surface area contributed by atoms with Crippen molar-refractivity contribution >= 4 is 39.2 Å². The Hall–Kier alpha value is -2.69. The molecule has 11 heteroatoms. The number of hydrogen-bond acceptors (Lipinski definition) is 6. The number of amides is 1. The number of carbonyl (C=O) groups excluding carboxylic acids is 2. The first-order valence-corrected chi connectivity index (χ1v) is 12.1. The molecule has 0 spiro atoms. The van der Waals surface area contributed by atoms with Crippen molar-refractivity contribution in [2.45, 2.75) is 30.6 Å². The summed E-state index contributed by atoms with van der Waals surface area (Å²) in [6.07, 6.45) is 3.44. The maximum absolute atomic E-state index is 13.2. The third-order valence-electron chi connectivity index (χ3n) is 5.12. The minimum Gasteiger partial charge on any atom is -0.495 e. The molecule has 2 aromatic carbocycles. The number of nitrogens with one attached hydrogen (secondary N) is 1. The van der Waals surface area contributed by atoms with Gasteiger partial charge in [-0.3, -0.25) is 4.79 Å². The zero-order valence-corrected chi connectivity index (χ0v) is 19.5. The third-order valence-corrected chi connectivity index (χ3v) is 7.33. The highest BCUT2D eigenvalue weighted by atomic mass is 35.5. The van der Waals surface area contributed by atoms with Gasteiger partial charge in [0.1, 0.15) is 16.5 Å². The minimum absolute atomic E-state index is 0.0400. The Morgan fingerprint density at radius 1 is 1.09 bits per heavy atom. The molecule has 8 nitrogen and oxygen atoms in total. The number of hydrogen-bond donors (Lipinski definition) is 1. The maximum atomic E-state index is 13.2. The molecule has 178 valence electrons. The van der Waals surface area contributed by atoms with Crippen molar-refractivity contribution in [2.24, 2.45) is 0 Å². The van der Waals surface area contributed by atoms with E-state index in [0.29, 0.717) is 13.1 Å². The summed E-state index contributed by atoms with van der Waals surface area (Å²) in [7, 11) is -2.54. The van der Waals surface area contributed by atoms with E-state index < -0.39 is 34.3 Å². The third kappa shape index (κ3) is 6.21. The smallest absolute Gasteiger partial charge is 0.338 e. The number of esters is 1. The van der Waals surface area contributed by atoms with Crippen molar-refractivity contribution in [3.05, 3.63) is 52.8 Å². The summed E-state index contributed by atoms with van der Waals surface area (Å²) < 4.78 is 51.3. The second kappa shape index (κ2) is 11.0. The van der Waals surface area contributed by atoms with Gasteiger partial charge in [-0.15, -0.1) is 0 Å². The number of carbonyl (C=O) groups is 2. The molecule has 1 aliphatic heterocycles. The predicted octanol–water partition coefficient (Wildman–Crippen LogP) is 3.85. The lowest BCUT2D eigenvalue weighted by Crippen LogP contribution is -2.32. The topological polar surface area (TPSA) is 102 Å². The molecule has 0 atom stereocenters. The van der Waals surface area contributed by atoms with Gasteiger partial charge in [0.25, 0.3) is 5.91 Å². The number of sulfonamides is 1. The number of nitrogens with zero attached hydrogens (tertiary/aromatic N) is 1. The average molecular weight is 499 g/mol. The quantitative estimate of drug-likeness (QED) is 0.582. The highest BCUT2D eigenvalue weighted by Gasteiger charge is 2.29. The Balaban J connectivity index is 1.71. The van der Waals surface area contributed by atoms with E-state index in [9.17, 15) is 22.4 Å². The highest BCUT2D eigenvalue weighted by Crippen LogP contribution is 2.29. The summed E-state index contributed by atoms with van der Waals surface area (Å²) in [4.78, 5) is 24.4. The summed E-state index contributed by atoms with van der Waals surface area (Å²) >= 11 is 5.67. The fourth-order valence-electron chi connectivity index (χ4n) is 3.41. The molecule has 0 aliphatic carbocycles. The molecule has 1 aliphatic rings. The Morgan fingerprint density at radius 2 is 1.79 bits per heavy atom. The number of halogens is 2. The predicted molar refractivity (Wildman–Crippen MR) is 121 cm³/mol. The molecule has 1 heterocycles. The number of benzene rings is 2. The average Bonchev–Trinajstić information content (AvgIpc) is 3.10. The van der Waals surface area contributed by atoms with E-state index in [-0.39, 0.29) is 26.9 Å². The molecule has 0 saturated carbocycles. The van der Waals surface area contributed by atoms with Crippen LogP contribution in [0.15, 0.2) is 41.3 Å². The lowest BCUT2D eigenvalue weighted by atomic mass is 10.2. The molecule has 0 aromatic heterocycles.